The normalized spacial score (nSPS) is 10.4. The Morgan fingerprint density at radius 2 is 1.80 bits per heavy atom. The maximum absolute atomic E-state index is 12.2. The summed E-state index contributed by atoms with van der Waals surface area (Å²) in [4.78, 5) is 12.2. The van der Waals surface area contributed by atoms with E-state index >= 15 is 0 Å². The van der Waals surface area contributed by atoms with Gasteiger partial charge in [0, 0.05) is 11.4 Å². The monoisotopic (exact) mass is 272 g/mol. The molecule has 0 aliphatic heterocycles. The SMILES string of the molecule is COc1ccc(C)cc1NC(=O)Cn1c(C)ccc1C. The van der Waals surface area contributed by atoms with Crippen molar-refractivity contribution in [2.45, 2.75) is 27.3 Å². The Kier molecular flexibility index (Phi) is 4.13. The molecule has 0 atom stereocenters. The average Bonchev–Trinajstić information content (AvgIpc) is 2.71. The number of anilines is 1. The Morgan fingerprint density at radius 1 is 1.15 bits per heavy atom. The zero-order valence-electron chi connectivity index (χ0n) is 12.4. The lowest BCUT2D eigenvalue weighted by Crippen LogP contribution is -2.20. The van der Waals surface area contributed by atoms with E-state index in [2.05, 4.69) is 5.32 Å². The molecule has 1 N–H and O–H groups in total. The molecule has 4 heteroatoms. The summed E-state index contributed by atoms with van der Waals surface area (Å²) in [6, 6.07) is 9.74. The summed E-state index contributed by atoms with van der Waals surface area (Å²) in [6.45, 7) is 6.28. The Labute approximate surface area is 119 Å². The van der Waals surface area contributed by atoms with E-state index in [4.69, 9.17) is 4.74 Å². The Morgan fingerprint density at radius 3 is 2.40 bits per heavy atom. The number of hydrogen-bond donors (Lipinski definition) is 1. The summed E-state index contributed by atoms with van der Waals surface area (Å²) in [5.74, 6) is 0.612. The lowest BCUT2D eigenvalue weighted by molar-refractivity contribution is -0.116. The van der Waals surface area contributed by atoms with Crippen molar-refractivity contribution < 1.29 is 9.53 Å². The van der Waals surface area contributed by atoms with Crippen LogP contribution in [0, 0.1) is 20.8 Å². The molecule has 1 aromatic carbocycles. The minimum absolute atomic E-state index is 0.0590. The van der Waals surface area contributed by atoms with E-state index in [1.54, 1.807) is 7.11 Å². The largest absolute Gasteiger partial charge is 0.495 e. The van der Waals surface area contributed by atoms with Crippen molar-refractivity contribution in [2.24, 2.45) is 0 Å². The van der Waals surface area contributed by atoms with Gasteiger partial charge in [0.15, 0.2) is 0 Å². The fraction of sp³-hybridized carbons (Fsp3) is 0.312. The van der Waals surface area contributed by atoms with Gasteiger partial charge in [-0.15, -0.1) is 0 Å². The van der Waals surface area contributed by atoms with Crippen LogP contribution in [0.5, 0.6) is 5.75 Å². The highest BCUT2D eigenvalue weighted by molar-refractivity contribution is 5.92. The van der Waals surface area contributed by atoms with E-state index in [0.29, 0.717) is 18.0 Å². The molecule has 0 aliphatic carbocycles. The summed E-state index contributed by atoms with van der Waals surface area (Å²) >= 11 is 0. The number of nitrogens with one attached hydrogen (secondary N) is 1. The molecule has 0 unspecified atom stereocenters. The molecule has 20 heavy (non-hydrogen) atoms. The van der Waals surface area contributed by atoms with Crippen LogP contribution in [0.2, 0.25) is 0 Å². The van der Waals surface area contributed by atoms with Gasteiger partial charge in [-0.1, -0.05) is 6.07 Å². The fourth-order valence-electron chi connectivity index (χ4n) is 2.20. The molecule has 4 nitrogen and oxygen atoms in total. The van der Waals surface area contributed by atoms with Gasteiger partial charge >= 0.3 is 0 Å². The highest BCUT2D eigenvalue weighted by atomic mass is 16.5. The zero-order valence-corrected chi connectivity index (χ0v) is 12.4. The average molecular weight is 272 g/mol. The summed E-state index contributed by atoms with van der Waals surface area (Å²) in [5.41, 5.74) is 3.94. The molecule has 0 aliphatic rings. The minimum atomic E-state index is -0.0590. The fourth-order valence-corrected chi connectivity index (χ4v) is 2.20. The third kappa shape index (κ3) is 3.02. The van der Waals surface area contributed by atoms with E-state index in [1.807, 2.05) is 55.7 Å². The van der Waals surface area contributed by atoms with Crippen LogP contribution >= 0.6 is 0 Å². The number of methoxy groups -OCH3 is 1. The molecule has 0 spiro atoms. The van der Waals surface area contributed by atoms with Crippen LogP contribution in [0.15, 0.2) is 30.3 Å². The lowest BCUT2D eigenvalue weighted by Gasteiger charge is -2.13. The quantitative estimate of drug-likeness (QED) is 0.929. The lowest BCUT2D eigenvalue weighted by atomic mass is 10.2. The smallest absolute Gasteiger partial charge is 0.244 e. The highest BCUT2D eigenvalue weighted by Crippen LogP contribution is 2.25. The third-order valence-corrected chi connectivity index (χ3v) is 3.35. The van der Waals surface area contributed by atoms with E-state index < -0.39 is 0 Å². The Balaban J connectivity index is 2.14. The van der Waals surface area contributed by atoms with Crippen molar-refractivity contribution in [3.05, 3.63) is 47.3 Å². The maximum Gasteiger partial charge on any atom is 0.244 e. The van der Waals surface area contributed by atoms with Crippen molar-refractivity contribution in [3.63, 3.8) is 0 Å². The van der Waals surface area contributed by atoms with Gasteiger partial charge in [0.1, 0.15) is 12.3 Å². The molecule has 2 aromatic rings. The topological polar surface area (TPSA) is 43.3 Å². The summed E-state index contributed by atoms with van der Waals surface area (Å²) < 4.78 is 7.25. The predicted molar refractivity (Wildman–Crippen MR) is 80.3 cm³/mol. The number of carbonyl (C=O) groups is 1. The standard InChI is InChI=1S/C16H20N2O2/c1-11-5-8-15(20-4)14(9-11)17-16(19)10-18-12(2)6-7-13(18)3/h5-9H,10H2,1-4H3,(H,17,19). The molecule has 2 rings (SSSR count). The van der Waals surface area contributed by atoms with E-state index in [0.717, 1.165) is 17.0 Å². The molecule has 0 bridgehead atoms. The number of aromatic nitrogens is 1. The van der Waals surface area contributed by atoms with Gasteiger partial charge < -0.3 is 14.6 Å². The number of carbonyl (C=O) groups excluding carboxylic acids is 1. The van der Waals surface area contributed by atoms with Crippen molar-refractivity contribution in [1.82, 2.24) is 4.57 Å². The van der Waals surface area contributed by atoms with Crippen LogP contribution in [0.4, 0.5) is 5.69 Å². The van der Waals surface area contributed by atoms with Gasteiger partial charge in [0.25, 0.3) is 0 Å². The zero-order chi connectivity index (χ0) is 14.7. The molecule has 1 heterocycles. The van der Waals surface area contributed by atoms with Gasteiger partial charge in [-0.3, -0.25) is 4.79 Å². The minimum Gasteiger partial charge on any atom is -0.495 e. The second-order valence-electron chi connectivity index (χ2n) is 4.95. The van der Waals surface area contributed by atoms with Crippen LogP contribution in [0.25, 0.3) is 0 Å². The summed E-state index contributed by atoms with van der Waals surface area (Å²) in [6.07, 6.45) is 0. The van der Waals surface area contributed by atoms with Gasteiger partial charge in [0.2, 0.25) is 5.91 Å². The molecule has 106 valence electrons. The molecular formula is C16H20N2O2. The Hall–Kier alpha value is -2.23. The first-order chi connectivity index (χ1) is 9.51. The van der Waals surface area contributed by atoms with Crippen molar-refractivity contribution in [1.29, 1.82) is 0 Å². The first-order valence-corrected chi connectivity index (χ1v) is 6.58. The summed E-state index contributed by atoms with van der Waals surface area (Å²) in [7, 11) is 1.60. The van der Waals surface area contributed by atoms with Crippen molar-refractivity contribution in [2.75, 3.05) is 12.4 Å². The Bertz CT molecular complexity index is 610. The molecule has 0 radical (unpaired) electrons. The summed E-state index contributed by atoms with van der Waals surface area (Å²) in [5, 5.41) is 2.91. The van der Waals surface area contributed by atoms with E-state index in [1.165, 1.54) is 0 Å². The predicted octanol–water partition coefficient (Wildman–Crippen LogP) is 3.06. The van der Waals surface area contributed by atoms with Crippen molar-refractivity contribution in [3.8, 4) is 5.75 Å². The number of ether oxygens (including phenoxy) is 1. The maximum atomic E-state index is 12.2. The van der Waals surface area contributed by atoms with Crippen LogP contribution in [0.3, 0.4) is 0 Å². The molecule has 0 saturated carbocycles. The molecule has 1 amide bonds. The molecular weight excluding hydrogens is 252 g/mol. The number of nitrogens with zero attached hydrogens (tertiary/aromatic N) is 1. The van der Waals surface area contributed by atoms with Gasteiger partial charge in [0.05, 0.1) is 12.8 Å². The van der Waals surface area contributed by atoms with Gasteiger partial charge in [-0.25, -0.2) is 0 Å². The number of hydrogen-bond acceptors (Lipinski definition) is 2. The van der Waals surface area contributed by atoms with Crippen LogP contribution in [0.1, 0.15) is 17.0 Å². The van der Waals surface area contributed by atoms with Crippen LogP contribution in [-0.2, 0) is 11.3 Å². The molecule has 1 aromatic heterocycles. The van der Waals surface area contributed by atoms with Gasteiger partial charge in [-0.2, -0.15) is 0 Å². The van der Waals surface area contributed by atoms with Gasteiger partial charge in [-0.05, 0) is 50.6 Å². The third-order valence-electron chi connectivity index (χ3n) is 3.35. The number of amides is 1. The van der Waals surface area contributed by atoms with Crippen LogP contribution in [-0.4, -0.2) is 17.6 Å². The first-order valence-electron chi connectivity index (χ1n) is 6.58. The molecule has 0 saturated heterocycles. The second kappa shape index (κ2) is 5.82. The molecule has 0 fully saturated rings. The van der Waals surface area contributed by atoms with E-state index in [9.17, 15) is 4.79 Å². The van der Waals surface area contributed by atoms with Crippen molar-refractivity contribution >= 4 is 11.6 Å². The number of rotatable bonds is 4. The van der Waals surface area contributed by atoms with E-state index in [-0.39, 0.29) is 5.91 Å². The number of aryl methyl sites for hydroxylation is 3. The second-order valence-corrected chi connectivity index (χ2v) is 4.95. The highest BCUT2D eigenvalue weighted by Gasteiger charge is 2.10. The van der Waals surface area contributed by atoms with Crippen LogP contribution < -0.4 is 10.1 Å². The number of benzene rings is 1. The first kappa shape index (κ1) is 14.2.